The predicted molar refractivity (Wildman–Crippen MR) is 56.5 cm³/mol. The van der Waals surface area contributed by atoms with Gasteiger partial charge in [-0.05, 0) is 6.07 Å². The predicted octanol–water partition coefficient (Wildman–Crippen LogP) is -0.101. The first-order chi connectivity index (χ1) is 7.58. The Morgan fingerprint density at radius 2 is 2.06 bits per heavy atom. The van der Waals surface area contributed by atoms with Crippen LogP contribution < -0.4 is 10.3 Å². The van der Waals surface area contributed by atoms with Crippen LogP contribution in [0.1, 0.15) is 0 Å². The number of hydrogen-bond acceptors (Lipinski definition) is 4. The Labute approximate surface area is 90.6 Å². The summed E-state index contributed by atoms with van der Waals surface area (Å²) in [4.78, 5) is 19.3. The average molecular weight is 240 g/mol. The molecule has 2 heterocycles. The number of imidazole rings is 1. The van der Waals surface area contributed by atoms with Crippen molar-refractivity contribution in [2.24, 2.45) is 0 Å². The summed E-state index contributed by atoms with van der Waals surface area (Å²) < 4.78 is 25.7. The summed E-state index contributed by atoms with van der Waals surface area (Å²) >= 11 is 0. The topological polar surface area (TPSA) is 108 Å². The molecule has 0 aliphatic rings. The molecular weight excluding hydrogens is 232 g/mol. The van der Waals surface area contributed by atoms with Crippen molar-refractivity contribution in [3.63, 3.8) is 0 Å². The molecule has 0 aliphatic heterocycles. The summed E-state index contributed by atoms with van der Waals surface area (Å²) in [6.45, 7) is 0. The Morgan fingerprint density at radius 3 is 2.62 bits per heavy atom. The maximum atomic E-state index is 11.7. The molecule has 0 aromatic carbocycles. The molecule has 16 heavy (non-hydrogen) atoms. The number of nitrogens with one attached hydrogen (secondary N) is 3. The van der Waals surface area contributed by atoms with Crippen LogP contribution >= 0.6 is 0 Å². The van der Waals surface area contributed by atoms with Crippen molar-refractivity contribution >= 4 is 16.0 Å². The van der Waals surface area contributed by atoms with Crippen molar-refractivity contribution in [3.05, 3.63) is 41.1 Å². The third-order valence-corrected chi connectivity index (χ3v) is 3.13. The minimum atomic E-state index is -3.71. The first-order valence-corrected chi connectivity index (χ1v) is 5.77. The molecule has 8 heteroatoms. The molecule has 0 spiro atoms. The highest BCUT2D eigenvalue weighted by Gasteiger charge is 2.14. The van der Waals surface area contributed by atoms with Crippen molar-refractivity contribution in [2.75, 3.05) is 4.72 Å². The molecule has 0 bridgehead atoms. The van der Waals surface area contributed by atoms with Gasteiger partial charge in [-0.25, -0.2) is 18.1 Å². The van der Waals surface area contributed by atoms with Crippen LogP contribution in [0.25, 0.3) is 0 Å². The minimum Gasteiger partial charge on any atom is -0.330 e. The summed E-state index contributed by atoms with van der Waals surface area (Å²) in [5.41, 5.74) is -0.364. The number of H-pyrrole nitrogens is 2. The summed E-state index contributed by atoms with van der Waals surface area (Å²) in [6, 6.07) is 2.35. The van der Waals surface area contributed by atoms with Gasteiger partial charge in [0.25, 0.3) is 10.0 Å². The van der Waals surface area contributed by atoms with E-state index < -0.39 is 10.0 Å². The van der Waals surface area contributed by atoms with Gasteiger partial charge in [-0.15, -0.1) is 0 Å². The van der Waals surface area contributed by atoms with E-state index >= 15 is 0 Å². The molecule has 2 aromatic rings. The van der Waals surface area contributed by atoms with Gasteiger partial charge in [-0.2, -0.15) is 0 Å². The highest BCUT2D eigenvalue weighted by atomic mass is 32.2. The van der Waals surface area contributed by atoms with Crippen LogP contribution in [0.4, 0.5) is 5.95 Å². The summed E-state index contributed by atoms with van der Waals surface area (Å²) in [7, 11) is -3.71. The molecule has 0 aliphatic carbocycles. The Hall–Kier alpha value is -2.09. The molecule has 3 N–H and O–H groups in total. The van der Waals surface area contributed by atoms with E-state index in [2.05, 4.69) is 19.7 Å². The first kappa shape index (κ1) is 10.4. The van der Waals surface area contributed by atoms with E-state index in [9.17, 15) is 13.2 Å². The monoisotopic (exact) mass is 240 g/mol. The smallest absolute Gasteiger partial charge is 0.265 e. The van der Waals surface area contributed by atoms with Crippen LogP contribution in [-0.2, 0) is 10.0 Å². The van der Waals surface area contributed by atoms with E-state index in [0.29, 0.717) is 0 Å². The van der Waals surface area contributed by atoms with Crippen LogP contribution in [0.2, 0.25) is 0 Å². The average Bonchev–Trinajstić information content (AvgIpc) is 2.70. The summed E-state index contributed by atoms with van der Waals surface area (Å²) in [5.74, 6) is 0.117. The number of sulfonamides is 1. The second-order valence-corrected chi connectivity index (χ2v) is 4.61. The van der Waals surface area contributed by atoms with E-state index in [4.69, 9.17) is 0 Å². The lowest BCUT2D eigenvalue weighted by atomic mass is 10.5. The number of hydrogen-bond donors (Lipinski definition) is 3. The number of anilines is 1. The second kappa shape index (κ2) is 3.81. The van der Waals surface area contributed by atoms with Crippen LogP contribution in [0.15, 0.2) is 40.4 Å². The molecule has 2 rings (SSSR count). The Balaban J connectivity index is 2.32. The Kier molecular flexibility index (Phi) is 2.49. The Bertz CT molecular complexity index is 609. The van der Waals surface area contributed by atoms with Gasteiger partial charge in [-0.1, -0.05) is 0 Å². The maximum absolute atomic E-state index is 11.7. The van der Waals surface area contributed by atoms with E-state index in [1.807, 2.05) is 0 Å². The van der Waals surface area contributed by atoms with Gasteiger partial charge >= 0.3 is 0 Å². The molecule has 0 amide bonds. The molecule has 0 saturated carbocycles. The normalized spacial score (nSPS) is 11.2. The van der Waals surface area contributed by atoms with Gasteiger partial charge < -0.3 is 9.97 Å². The summed E-state index contributed by atoms with van der Waals surface area (Å²) in [5, 5.41) is 0. The fourth-order valence-corrected chi connectivity index (χ4v) is 2.02. The zero-order chi connectivity index (χ0) is 11.6. The van der Waals surface area contributed by atoms with Crippen molar-refractivity contribution < 1.29 is 8.42 Å². The molecule has 7 nitrogen and oxygen atoms in total. The molecule has 0 unspecified atom stereocenters. The highest BCUT2D eigenvalue weighted by Crippen LogP contribution is 2.09. The maximum Gasteiger partial charge on any atom is 0.265 e. The van der Waals surface area contributed by atoms with Gasteiger partial charge in [0, 0.05) is 24.7 Å². The number of nitrogens with zero attached hydrogens (tertiary/aromatic N) is 1. The Morgan fingerprint density at radius 1 is 1.25 bits per heavy atom. The third-order valence-electron chi connectivity index (χ3n) is 1.80. The molecule has 0 saturated heterocycles. The lowest BCUT2D eigenvalue weighted by molar-refractivity contribution is 0.600. The van der Waals surface area contributed by atoms with Crippen LogP contribution in [0.3, 0.4) is 0 Å². The quantitative estimate of drug-likeness (QED) is 0.696. The zero-order valence-electron chi connectivity index (χ0n) is 7.97. The van der Waals surface area contributed by atoms with Crippen LogP contribution in [0, 0.1) is 0 Å². The van der Waals surface area contributed by atoms with E-state index in [0.717, 1.165) is 12.3 Å². The molecule has 2 aromatic heterocycles. The second-order valence-electron chi connectivity index (χ2n) is 2.93. The standard InChI is InChI=1S/C8H8N4O3S/c13-7-2-1-6(5-11-7)16(14,15)12-8-9-3-4-10-8/h1-5H,(H,11,13)(H2,9,10,12). The van der Waals surface area contributed by atoms with Gasteiger partial charge in [0.15, 0.2) is 0 Å². The van der Waals surface area contributed by atoms with Gasteiger partial charge in [0.2, 0.25) is 11.5 Å². The molecular formula is C8H8N4O3S. The van der Waals surface area contributed by atoms with Crippen LogP contribution in [0.5, 0.6) is 0 Å². The molecule has 0 atom stereocenters. The van der Waals surface area contributed by atoms with Gasteiger partial charge in [0.1, 0.15) is 4.90 Å². The zero-order valence-corrected chi connectivity index (χ0v) is 8.78. The number of aromatic amines is 2. The largest absolute Gasteiger partial charge is 0.330 e. The van der Waals surface area contributed by atoms with Crippen molar-refractivity contribution in [1.29, 1.82) is 0 Å². The fourth-order valence-electron chi connectivity index (χ4n) is 1.07. The lowest BCUT2D eigenvalue weighted by Crippen LogP contribution is -2.15. The van der Waals surface area contributed by atoms with Crippen molar-refractivity contribution in [1.82, 2.24) is 15.0 Å². The van der Waals surface area contributed by atoms with Gasteiger partial charge in [-0.3, -0.25) is 4.79 Å². The van der Waals surface area contributed by atoms with E-state index in [-0.39, 0.29) is 16.4 Å². The first-order valence-electron chi connectivity index (χ1n) is 4.29. The summed E-state index contributed by atoms with van der Waals surface area (Å²) in [6.07, 6.45) is 4.03. The molecule has 0 radical (unpaired) electrons. The number of aromatic nitrogens is 3. The van der Waals surface area contributed by atoms with Crippen molar-refractivity contribution in [2.45, 2.75) is 4.90 Å². The fraction of sp³-hybridized carbons (Fsp3) is 0. The third kappa shape index (κ3) is 2.11. The molecule has 84 valence electrons. The van der Waals surface area contributed by atoms with E-state index in [1.54, 1.807) is 0 Å². The SMILES string of the molecule is O=c1ccc(S(=O)(=O)Nc2ncc[nH]2)c[nH]1. The lowest BCUT2D eigenvalue weighted by Gasteiger charge is -2.03. The van der Waals surface area contributed by atoms with Crippen LogP contribution in [-0.4, -0.2) is 23.4 Å². The highest BCUT2D eigenvalue weighted by molar-refractivity contribution is 7.92. The van der Waals surface area contributed by atoms with Gasteiger partial charge in [0.05, 0.1) is 0 Å². The molecule has 0 fully saturated rings. The van der Waals surface area contributed by atoms with E-state index in [1.165, 1.54) is 18.5 Å². The minimum absolute atomic E-state index is 0.0384. The van der Waals surface area contributed by atoms with Crippen molar-refractivity contribution in [3.8, 4) is 0 Å². The number of rotatable bonds is 3. The number of pyridine rings is 1.